The standard InChI is InChI=1S/C22H30BN3O3/c1-2-24-21(28)29-16-10-12-22(13-11-16,19-9-5-6-14-25-19)15-26-20(27)17-7-3-4-8-18(17)23/h3-6,8-9,14,16-17H,2,7,10-13,15,23H2,1H3,(H,24,28)(H,26,27)/t16-,17?,22+. The molecule has 2 aliphatic rings. The van der Waals surface area contributed by atoms with E-state index in [-0.39, 0.29) is 29.4 Å². The first-order chi connectivity index (χ1) is 14.0. The molecule has 0 saturated heterocycles. The SMILES string of the molecule is BC1=CC=CCC1C(=O)NC[C@]1(c2ccccn2)CC[C@@H](OC(=O)NCC)CC1. The molecule has 3 rings (SSSR count). The van der Waals surface area contributed by atoms with Gasteiger partial charge in [-0.25, -0.2) is 4.79 Å². The monoisotopic (exact) mass is 395 g/mol. The molecular weight excluding hydrogens is 365 g/mol. The Kier molecular flexibility index (Phi) is 7.12. The molecule has 29 heavy (non-hydrogen) atoms. The average Bonchev–Trinajstić information content (AvgIpc) is 2.74. The quantitative estimate of drug-likeness (QED) is 0.724. The van der Waals surface area contributed by atoms with Crippen molar-refractivity contribution in [3.05, 3.63) is 53.8 Å². The number of pyridine rings is 1. The van der Waals surface area contributed by atoms with Gasteiger partial charge < -0.3 is 15.4 Å². The Bertz CT molecular complexity index is 771. The number of carbonyl (C=O) groups excluding carboxylic acids is 2. The van der Waals surface area contributed by atoms with Gasteiger partial charge in [0.25, 0.3) is 0 Å². The Balaban J connectivity index is 1.66. The molecule has 1 fully saturated rings. The molecular formula is C22H30BN3O3. The average molecular weight is 395 g/mol. The molecule has 2 amide bonds. The molecule has 1 atom stereocenters. The van der Waals surface area contributed by atoms with E-state index >= 15 is 0 Å². The number of nitrogens with zero attached hydrogens (tertiary/aromatic N) is 1. The highest BCUT2D eigenvalue weighted by Gasteiger charge is 2.39. The van der Waals surface area contributed by atoms with Crippen LogP contribution in [0.2, 0.25) is 0 Å². The van der Waals surface area contributed by atoms with Crippen LogP contribution in [0.4, 0.5) is 4.79 Å². The van der Waals surface area contributed by atoms with Crippen LogP contribution in [0.3, 0.4) is 0 Å². The van der Waals surface area contributed by atoms with Crippen LogP contribution >= 0.6 is 0 Å². The molecule has 6 nitrogen and oxygen atoms in total. The van der Waals surface area contributed by atoms with E-state index in [0.717, 1.165) is 43.3 Å². The fourth-order valence-corrected chi connectivity index (χ4v) is 4.23. The Labute approximate surface area is 173 Å². The maximum Gasteiger partial charge on any atom is 0.407 e. The molecule has 0 aliphatic heterocycles. The van der Waals surface area contributed by atoms with Gasteiger partial charge in [-0.2, -0.15) is 0 Å². The first kappa shape index (κ1) is 21.2. The molecule has 1 unspecified atom stereocenters. The largest absolute Gasteiger partial charge is 0.446 e. The minimum absolute atomic E-state index is 0.0686. The van der Waals surface area contributed by atoms with Crippen LogP contribution in [0.5, 0.6) is 0 Å². The maximum absolute atomic E-state index is 12.8. The summed E-state index contributed by atoms with van der Waals surface area (Å²) in [5, 5.41) is 5.88. The van der Waals surface area contributed by atoms with Crippen molar-refractivity contribution in [2.45, 2.75) is 50.5 Å². The first-order valence-corrected chi connectivity index (χ1v) is 10.5. The number of amides is 2. The number of allylic oxidation sites excluding steroid dienone is 3. The second-order valence-corrected chi connectivity index (χ2v) is 7.98. The van der Waals surface area contributed by atoms with E-state index < -0.39 is 0 Å². The van der Waals surface area contributed by atoms with Gasteiger partial charge in [-0.3, -0.25) is 9.78 Å². The molecule has 0 spiro atoms. The lowest BCUT2D eigenvalue weighted by Crippen LogP contribution is -2.47. The molecule has 1 aromatic rings. The summed E-state index contributed by atoms with van der Waals surface area (Å²) in [5.74, 6) is -0.0303. The third-order valence-electron chi connectivity index (χ3n) is 6.03. The van der Waals surface area contributed by atoms with Crippen LogP contribution in [0, 0.1) is 5.92 Å². The lowest BCUT2D eigenvalue weighted by molar-refractivity contribution is -0.124. The van der Waals surface area contributed by atoms with Crippen LogP contribution in [-0.2, 0) is 14.9 Å². The summed E-state index contributed by atoms with van der Waals surface area (Å²) in [5.41, 5.74) is 1.85. The Morgan fingerprint density at radius 1 is 1.28 bits per heavy atom. The maximum atomic E-state index is 12.8. The highest BCUT2D eigenvalue weighted by atomic mass is 16.6. The number of aromatic nitrogens is 1. The smallest absolute Gasteiger partial charge is 0.407 e. The van der Waals surface area contributed by atoms with Crippen LogP contribution in [0.15, 0.2) is 48.1 Å². The van der Waals surface area contributed by atoms with Crippen molar-refractivity contribution in [2.75, 3.05) is 13.1 Å². The van der Waals surface area contributed by atoms with Crippen molar-refractivity contribution in [1.29, 1.82) is 0 Å². The van der Waals surface area contributed by atoms with Gasteiger partial charge >= 0.3 is 6.09 Å². The molecule has 1 heterocycles. The summed E-state index contributed by atoms with van der Waals surface area (Å²) in [7, 11) is 2.01. The zero-order valence-electron chi connectivity index (χ0n) is 17.3. The van der Waals surface area contributed by atoms with E-state index in [2.05, 4.69) is 15.6 Å². The van der Waals surface area contributed by atoms with E-state index in [0.29, 0.717) is 13.1 Å². The summed E-state index contributed by atoms with van der Waals surface area (Å²) < 4.78 is 5.52. The van der Waals surface area contributed by atoms with Crippen LogP contribution in [0.25, 0.3) is 0 Å². The van der Waals surface area contributed by atoms with Crippen LogP contribution in [0.1, 0.15) is 44.7 Å². The van der Waals surface area contributed by atoms with Crippen molar-refractivity contribution in [2.24, 2.45) is 5.92 Å². The fraction of sp³-hybridized carbons (Fsp3) is 0.500. The van der Waals surface area contributed by atoms with Crippen molar-refractivity contribution in [3.63, 3.8) is 0 Å². The second kappa shape index (κ2) is 9.77. The van der Waals surface area contributed by atoms with Gasteiger partial charge in [-0.05, 0) is 51.2 Å². The molecule has 154 valence electrons. The zero-order valence-corrected chi connectivity index (χ0v) is 17.3. The molecule has 0 radical (unpaired) electrons. The van der Waals surface area contributed by atoms with Gasteiger partial charge in [-0.15, -0.1) is 0 Å². The number of hydrogen-bond acceptors (Lipinski definition) is 4. The number of carbonyl (C=O) groups is 2. The van der Waals surface area contributed by atoms with Crippen LogP contribution < -0.4 is 10.6 Å². The number of alkyl carbamates (subject to hydrolysis) is 1. The van der Waals surface area contributed by atoms with Crippen molar-refractivity contribution in [1.82, 2.24) is 15.6 Å². The Morgan fingerprint density at radius 2 is 2.07 bits per heavy atom. The molecule has 2 N–H and O–H groups in total. The predicted octanol–water partition coefficient (Wildman–Crippen LogP) is 2.22. The van der Waals surface area contributed by atoms with Gasteiger partial charge in [-0.1, -0.05) is 29.8 Å². The highest BCUT2D eigenvalue weighted by Crippen LogP contribution is 2.39. The third-order valence-corrected chi connectivity index (χ3v) is 6.03. The van der Waals surface area contributed by atoms with Gasteiger partial charge in [0.15, 0.2) is 0 Å². The molecule has 1 saturated carbocycles. The topological polar surface area (TPSA) is 80.3 Å². The highest BCUT2D eigenvalue weighted by molar-refractivity contribution is 6.24. The fourth-order valence-electron chi connectivity index (χ4n) is 4.23. The number of ether oxygens (including phenoxy) is 1. The Morgan fingerprint density at radius 3 is 2.72 bits per heavy atom. The number of hydrogen-bond donors (Lipinski definition) is 2. The summed E-state index contributed by atoms with van der Waals surface area (Å²) in [4.78, 5) is 29.2. The summed E-state index contributed by atoms with van der Waals surface area (Å²) in [6, 6.07) is 5.93. The summed E-state index contributed by atoms with van der Waals surface area (Å²) in [6.45, 7) is 2.97. The third kappa shape index (κ3) is 5.28. The molecule has 7 heteroatoms. The molecule has 0 aromatic carbocycles. The van der Waals surface area contributed by atoms with Crippen molar-refractivity contribution in [3.8, 4) is 0 Å². The summed E-state index contributed by atoms with van der Waals surface area (Å²) in [6.07, 6.45) is 11.3. The Hall–Kier alpha value is -2.57. The number of rotatable bonds is 6. The molecule has 0 bridgehead atoms. The van der Waals surface area contributed by atoms with E-state index in [4.69, 9.17) is 4.74 Å². The lowest BCUT2D eigenvalue weighted by atomic mass is 9.70. The zero-order chi connectivity index (χ0) is 20.7. The van der Waals surface area contributed by atoms with E-state index in [9.17, 15) is 9.59 Å². The molecule has 1 aromatic heterocycles. The summed E-state index contributed by atoms with van der Waals surface area (Å²) >= 11 is 0. The van der Waals surface area contributed by atoms with E-state index in [1.165, 1.54) is 0 Å². The van der Waals surface area contributed by atoms with Crippen molar-refractivity contribution < 1.29 is 14.3 Å². The molecule has 2 aliphatic carbocycles. The minimum atomic E-state index is -0.358. The van der Waals surface area contributed by atoms with Gasteiger partial charge in [0, 0.05) is 30.4 Å². The lowest BCUT2D eigenvalue weighted by Gasteiger charge is -2.40. The minimum Gasteiger partial charge on any atom is -0.446 e. The van der Waals surface area contributed by atoms with Gasteiger partial charge in [0.1, 0.15) is 14.0 Å². The second-order valence-electron chi connectivity index (χ2n) is 7.98. The van der Waals surface area contributed by atoms with E-state index in [1.54, 1.807) is 6.20 Å². The number of nitrogens with one attached hydrogen (secondary N) is 2. The predicted molar refractivity (Wildman–Crippen MR) is 115 cm³/mol. The van der Waals surface area contributed by atoms with E-state index in [1.807, 2.05) is 51.2 Å². The van der Waals surface area contributed by atoms with Gasteiger partial charge in [0.05, 0.1) is 5.92 Å². The van der Waals surface area contributed by atoms with Gasteiger partial charge in [0.2, 0.25) is 5.91 Å². The van der Waals surface area contributed by atoms with Crippen molar-refractivity contribution >= 4 is 19.8 Å². The normalized spacial score (nSPS) is 26.3. The first-order valence-electron chi connectivity index (χ1n) is 10.5. The van der Waals surface area contributed by atoms with Crippen LogP contribution in [-0.4, -0.2) is 44.0 Å².